The fourth-order valence-electron chi connectivity index (χ4n) is 1.01. The molecule has 4 heteroatoms. The number of benzene rings is 1. The fraction of sp³-hybridized carbons (Fsp3) is 0.222. The van der Waals surface area contributed by atoms with Crippen molar-refractivity contribution >= 4 is 16.8 Å². The van der Waals surface area contributed by atoms with Gasteiger partial charge in [0.25, 0.3) is 0 Å². The van der Waals surface area contributed by atoms with Crippen LogP contribution in [0.3, 0.4) is 0 Å². The summed E-state index contributed by atoms with van der Waals surface area (Å²) in [4.78, 5) is 11.0. The van der Waals surface area contributed by atoms with E-state index in [2.05, 4.69) is 0 Å². The standard InChI is InChI=1S/C9H10O3S/c1-13(12)8-4-2-3-7(5-8)6-9(10)11/h2-5H,6H2,1H3,(H,10,11)/t13-/m1/s1. The predicted molar refractivity (Wildman–Crippen MR) is 50.1 cm³/mol. The molecule has 0 fully saturated rings. The van der Waals surface area contributed by atoms with Gasteiger partial charge in [0.1, 0.15) is 0 Å². The quantitative estimate of drug-likeness (QED) is 0.789. The van der Waals surface area contributed by atoms with E-state index in [0.29, 0.717) is 10.5 Å². The predicted octanol–water partition coefficient (Wildman–Crippen LogP) is 1.05. The van der Waals surface area contributed by atoms with E-state index in [1.165, 1.54) is 0 Å². The highest BCUT2D eigenvalue weighted by atomic mass is 32.2. The highest BCUT2D eigenvalue weighted by molar-refractivity contribution is 7.84. The van der Waals surface area contributed by atoms with E-state index in [4.69, 9.17) is 5.11 Å². The van der Waals surface area contributed by atoms with Crippen LogP contribution in [-0.4, -0.2) is 21.5 Å². The summed E-state index contributed by atoms with van der Waals surface area (Å²) < 4.78 is 11.0. The Morgan fingerprint density at radius 3 is 2.77 bits per heavy atom. The van der Waals surface area contributed by atoms with Gasteiger partial charge in [-0.05, 0) is 17.7 Å². The number of carboxylic acids is 1. The van der Waals surface area contributed by atoms with Crippen LogP contribution in [0.15, 0.2) is 29.2 Å². The lowest BCUT2D eigenvalue weighted by molar-refractivity contribution is -0.136. The molecule has 0 bridgehead atoms. The van der Waals surface area contributed by atoms with Gasteiger partial charge in [-0.25, -0.2) is 0 Å². The van der Waals surface area contributed by atoms with Gasteiger partial charge in [-0.3, -0.25) is 9.00 Å². The molecule has 1 aromatic rings. The van der Waals surface area contributed by atoms with Gasteiger partial charge < -0.3 is 5.11 Å². The van der Waals surface area contributed by atoms with Gasteiger partial charge in [0, 0.05) is 22.0 Å². The summed E-state index contributed by atoms with van der Waals surface area (Å²) in [5.74, 6) is -0.876. The molecule has 0 spiro atoms. The van der Waals surface area contributed by atoms with Gasteiger partial charge in [-0.15, -0.1) is 0 Å². The van der Waals surface area contributed by atoms with Crippen LogP contribution in [0.4, 0.5) is 0 Å². The molecule has 13 heavy (non-hydrogen) atoms. The Kier molecular flexibility index (Phi) is 3.19. The number of aliphatic carboxylic acids is 1. The Morgan fingerprint density at radius 1 is 1.54 bits per heavy atom. The average Bonchev–Trinajstić information content (AvgIpc) is 2.03. The zero-order valence-corrected chi connectivity index (χ0v) is 8.00. The Bertz CT molecular complexity index is 346. The van der Waals surface area contributed by atoms with Crippen LogP contribution in [0.1, 0.15) is 5.56 Å². The molecule has 0 aliphatic rings. The van der Waals surface area contributed by atoms with E-state index in [1.807, 2.05) is 0 Å². The van der Waals surface area contributed by atoms with Crippen LogP contribution in [-0.2, 0) is 22.0 Å². The molecule has 0 amide bonds. The Balaban J connectivity index is 2.91. The molecule has 1 atom stereocenters. The van der Waals surface area contributed by atoms with Crippen LogP contribution in [0, 0.1) is 0 Å². The zero-order valence-electron chi connectivity index (χ0n) is 7.19. The average molecular weight is 198 g/mol. The largest absolute Gasteiger partial charge is 0.481 e. The van der Waals surface area contributed by atoms with E-state index in [9.17, 15) is 9.00 Å². The van der Waals surface area contributed by atoms with Gasteiger partial charge >= 0.3 is 5.97 Å². The maximum atomic E-state index is 11.0. The van der Waals surface area contributed by atoms with Crippen molar-refractivity contribution in [2.45, 2.75) is 11.3 Å². The first-order chi connectivity index (χ1) is 6.09. The zero-order chi connectivity index (χ0) is 9.84. The second-order valence-electron chi connectivity index (χ2n) is 2.67. The third-order valence-electron chi connectivity index (χ3n) is 1.59. The molecule has 1 rings (SSSR count). The molecule has 0 heterocycles. The molecule has 1 aromatic carbocycles. The number of carboxylic acid groups (broad SMARTS) is 1. The van der Waals surface area contributed by atoms with Gasteiger partial charge in [0.2, 0.25) is 0 Å². The summed E-state index contributed by atoms with van der Waals surface area (Å²) in [6.45, 7) is 0. The lowest BCUT2D eigenvalue weighted by Crippen LogP contribution is -2.00. The number of hydrogen-bond donors (Lipinski definition) is 1. The summed E-state index contributed by atoms with van der Waals surface area (Å²) in [5.41, 5.74) is 0.681. The molecule has 1 N–H and O–H groups in total. The number of carbonyl (C=O) groups is 1. The second-order valence-corrected chi connectivity index (χ2v) is 4.05. The van der Waals surface area contributed by atoms with Crippen molar-refractivity contribution < 1.29 is 14.1 Å². The monoisotopic (exact) mass is 198 g/mol. The molecule has 0 unspecified atom stereocenters. The molecule has 0 saturated heterocycles. The maximum Gasteiger partial charge on any atom is 0.307 e. The Labute approximate surface area is 78.9 Å². The van der Waals surface area contributed by atoms with Gasteiger partial charge in [0.15, 0.2) is 0 Å². The van der Waals surface area contributed by atoms with Crippen molar-refractivity contribution in [3.63, 3.8) is 0 Å². The summed E-state index contributed by atoms with van der Waals surface area (Å²) in [7, 11) is -1.05. The van der Waals surface area contributed by atoms with Crippen molar-refractivity contribution in [2.75, 3.05) is 6.26 Å². The highest BCUT2D eigenvalue weighted by Gasteiger charge is 2.02. The first-order valence-corrected chi connectivity index (χ1v) is 5.29. The number of rotatable bonds is 3. The first-order valence-electron chi connectivity index (χ1n) is 3.74. The van der Waals surface area contributed by atoms with Crippen molar-refractivity contribution in [1.82, 2.24) is 0 Å². The summed E-state index contributed by atoms with van der Waals surface area (Å²) in [6, 6.07) is 6.81. The SMILES string of the molecule is C[S@@](=O)c1cccc(CC(=O)O)c1. The molecule has 0 aliphatic heterocycles. The summed E-state index contributed by atoms with van der Waals surface area (Å²) in [6.07, 6.45) is 1.55. The van der Waals surface area contributed by atoms with Gasteiger partial charge in [-0.2, -0.15) is 0 Å². The first kappa shape index (κ1) is 9.92. The third kappa shape index (κ3) is 2.99. The minimum Gasteiger partial charge on any atom is -0.481 e. The minimum atomic E-state index is -1.05. The topological polar surface area (TPSA) is 54.4 Å². The normalized spacial score (nSPS) is 12.4. The summed E-state index contributed by atoms with van der Waals surface area (Å²) in [5, 5.41) is 8.52. The van der Waals surface area contributed by atoms with Crippen molar-refractivity contribution in [2.24, 2.45) is 0 Å². The van der Waals surface area contributed by atoms with E-state index < -0.39 is 16.8 Å². The molecule has 70 valence electrons. The van der Waals surface area contributed by atoms with Crippen molar-refractivity contribution in [1.29, 1.82) is 0 Å². The van der Waals surface area contributed by atoms with Crippen molar-refractivity contribution in [3.8, 4) is 0 Å². The lowest BCUT2D eigenvalue weighted by atomic mass is 10.2. The van der Waals surface area contributed by atoms with E-state index in [1.54, 1.807) is 30.5 Å². The number of hydrogen-bond acceptors (Lipinski definition) is 2. The fourth-order valence-corrected chi connectivity index (χ4v) is 1.60. The Hall–Kier alpha value is -1.16. The Morgan fingerprint density at radius 2 is 2.23 bits per heavy atom. The second kappa shape index (κ2) is 4.18. The minimum absolute atomic E-state index is 0.0228. The summed E-state index contributed by atoms with van der Waals surface area (Å²) >= 11 is 0. The van der Waals surface area contributed by atoms with Crippen LogP contribution < -0.4 is 0 Å². The third-order valence-corrected chi connectivity index (χ3v) is 2.50. The highest BCUT2D eigenvalue weighted by Crippen LogP contribution is 2.08. The van der Waals surface area contributed by atoms with E-state index in [0.717, 1.165) is 0 Å². The van der Waals surface area contributed by atoms with Crippen LogP contribution in [0.5, 0.6) is 0 Å². The maximum absolute atomic E-state index is 11.0. The van der Waals surface area contributed by atoms with Crippen molar-refractivity contribution in [3.05, 3.63) is 29.8 Å². The van der Waals surface area contributed by atoms with Crippen LogP contribution in [0.25, 0.3) is 0 Å². The molecular formula is C9H10O3S. The lowest BCUT2D eigenvalue weighted by Gasteiger charge is -1.99. The molecule has 0 aliphatic carbocycles. The van der Waals surface area contributed by atoms with Crippen LogP contribution >= 0.6 is 0 Å². The molecular weight excluding hydrogens is 188 g/mol. The molecule has 0 radical (unpaired) electrons. The van der Waals surface area contributed by atoms with E-state index >= 15 is 0 Å². The molecule has 3 nitrogen and oxygen atoms in total. The molecule has 0 aromatic heterocycles. The molecule has 0 saturated carbocycles. The van der Waals surface area contributed by atoms with Crippen LogP contribution in [0.2, 0.25) is 0 Å². The van der Waals surface area contributed by atoms with Gasteiger partial charge in [0.05, 0.1) is 6.42 Å². The van der Waals surface area contributed by atoms with Gasteiger partial charge in [-0.1, -0.05) is 12.1 Å². The van der Waals surface area contributed by atoms with E-state index in [-0.39, 0.29) is 6.42 Å². The smallest absolute Gasteiger partial charge is 0.307 e.